The number of benzene rings is 2. The molecule has 0 heterocycles. The summed E-state index contributed by atoms with van der Waals surface area (Å²) in [5.74, 6) is 7.16. The van der Waals surface area contributed by atoms with E-state index in [1.54, 1.807) is 0 Å². The lowest BCUT2D eigenvalue weighted by atomic mass is 9.82. The van der Waals surface area contributed by atoms with Crippen molar-refractivity contribution in [2.45, 2.75) is 91.7 Å². The monoisotopic (exact) mass is 458 g/mol. The van der Waals surface area contributed by atoms with Gasteiger partial charge < -0.3 is 0 Å². The molecule has 0 nitrogen and oxygen atoms in total. The molecule has 0 amide bonds. The first-order valence-corrected chi connectivity index (χ1v) is 18.7. The van der Waals surface area contributed by atoms with Crippen LogP contribution in [0.15, 0.2) is 36.4 Å². The van der Waals surface area contributed by atoms with Crippen molar-refractivity contribution in [1.82, 2.24) is 0 Å². The smallest absolute Gasteiger partial charge is 0.127 e. The van der Waals surface area contributed by atoms with Crippen molar-refractivity contribution in [2.24, 2.45) is 0 Å². The van der Waals surface area contributed by atoms with E-state index < -0.39 is 16.1 Å². The van der Waals surface area contributed by atoms with Crippen LogP contribution in [0.1, 0.15) is 63.8 Å². The Bertz CT molecular complexity index is 1010. The van der Waals surface area contributed by atoms with Crippen LogP contribution in [0.5, 0.6) is 0 Å². The molecule has 0 aliphatic heterocycles. The van der Waals surface area contributed by atoms with E-state index in [1.165, 1.54) is 22.3 Å². The van der Waals surface area contributed by atoms with Crippen molar-refractivity contribution < 1.29 is 0 Å². The molecule has 0 radical (unpaired) electrons. The van der Waals surface area contributed by atoms with E-state index in [0.29, 0.717) is 0 Å². The zero-order valence-electron chi connectivity index (χ0n) is 22.5. The number of rotatable bonds is 1. The third kappa shape index (κ3) is 7.55. The molecule has 2 aromatic carbocycles. The van der Waals surface area contributed by atoms with Gasteiger partial charge in [0.1, 0.15) is 16.1 Å². The van der Waals surface area contributed by atoms with E-state index in [2.05, 4.69) is 140 Å². The first kappa shape index (κ1) is 26.2. The van der Waals surface area contributed by atoms with Crippen LogP contribution in [0.4, 0.5) is 0 Å². The summed E-state index contributed by atoms with van der Waals surface area (Å²) in [6.45, 7) is 27.4. The predicted octanol–water partition coefficient (Wildman–Crippen LogP) is 8.41. The number of hydrogen-bond acceptors (Lipinski definition) is 0. The lowest BCUT2D eigenvalue weighted by Crippen LogP contribution is -2.17. The first-order valence-electron chi connectivity index (χ1n) is 11.7. The van der Waals surface area contributed by atoms with Gasteiger partial charge >= 0.3 is 0 Å². The maximum Gasteiger partial charge on any atom is 0.129 e. The summed E-state index contributed by atoms with van der Waals surface area (Å²) < 4.78 is 0. The SMILES string of the molecule is CC(C)(C)c1ccc(-c2ccc(C(C)(C)C)cc2C#C[Si](C)(C)C)c(C#C[Si](C)(C)C)c1. The fourth-order valence-electron chi connectivity index (χ4n) is 3.21. The normalized spacial score (nSPS) is 12.5. The van der Waals surface area contributed by atoms with Crippen molar-refractivity contribution in [2.75, 3.05) is 0 Å². The summed E-state index contributed by atoms with van der Waals surface area (Å²) >= 11 is 0. The molecule has 0 saturated heterocycles. The molecule has 170 valence electrons. The van der Waals surface area contributed by atoms with Crippen LogP contribution in [0.2, 0.25) is 39.3 Å². The fourth-order valence-corrected chi connectivity index (χ4v) is 4.23. The largest absolute Gasteiger partial charge is 0.129 e. The molecule has 0 N–H and O–H groups in total. The van der Waals surface area contributed by atoms with E-state index in [1.807, 2.05) is 0 Å². The van der Waals surface area contributed by atoms with Gasteiger partial charge in [0, 0.05) is 11.1 Å². The molecule has 32 heavy (non-hydrogen) atoms. The molecule has 0 saturated carbocycles. The molecule has 2 aromatic rings. The predicted molar refractivity (Wildman–Crippen MR) is 150 cm³/mol. The molecule has 0 fully saturated rings. The van der Waals surface area contributed by atoms with E-state index >= 15 is 0 Å². The fraction of sp³-hybridized carbons (Fsp3) is 0.467. The summed E-state index contributed by atoms with van der Waals surface area (Å²) in [4.78, 5) is 0. The van der Waals surface area contributed by atoms with Gasteiger partial charge in [0.05, 0.1) is 0 Å². The quantitative estimate of drug-likeness (QED) is 0.297. The highest BCUT2D eigenvalue weighted by atomic mass is 28.3. The molecule has 0 spiro atoms. The Morgan fingerprint density at radius 2 is 0.844 bits per heavy atom. The standard InChI is InChI=1S/C30H42Si2/c1-29(2,3)25-13-15-27(23(21-25)17-19-31(7,8)9)28-16-14-26(30(4,5)6)22-24(28)18-20-32(10,11)12/h13-16,21-22H,1-12H3. The minimum atomic E-state index is -1.50. The Morgan fingerprint density at radius 3 is 1.09 bits per heavy atom. The second-order valence-electron chi connectivity index (χ2n) is 13.0. The zero-order chi connectivity index (χ0) is 24.5. The molecule has 0 bridgehead atoms. The van der Waals surface area contributed by atoms with Crippen LogP contribution in [0.25, 0.3) is 11.1 Å². The summed E-state index contributed by atoms with van der Waals surface area (Å²) in [5, 5.41) is 0. The summed E-state index contributed by atoms with van der Waals surface area (Å²) in [5.41, 5.74) is 14.7. The van der Waals surface area contributed by atoms with Crippen LogP contribution in [-0.4, -0.2) is 16.1 Å². The maximum atomic E-state index is 3.60. The van der Waals surface area contributed by atoms with Crippen LogP contribution in [0.3, 0.4) is 0 Å². The molecule has 2 heteroatoms. The third-order valence-corrected chi connectivity index (χ3v) is 6.96. The zero-order valence-corrected chi connectivity index (χ0v) is 24.5. The van der Waals surface area contributed by atoms with E-state index in [-0.39, 0.29) is 10.8 Å². The highest BCUT2D eigenvalue weighted by molar-refractivity contribution is 6.84. The van der Waals surface area contributed by atoms with Gasteiger partial charge in [0.2, 0.25) is 0 Å². The van der Waals surface area contributed by atoms with Gasteiger partial charge in [0.25, 0.3) is 0 Å². The van der Waals surface area contributed by atoms with Crippen LogP contribution < -0.4 is 0 Å². The minimum absolute atomic E-state index is 0.0880. The average molecular weight is 459 g/mol. The Hall–Kier alpha value is -2.01. The second-order valence-corrected chi connectivity index (χ2v) is 22.5. The lowest BCUT2D eigenvalue weighted by Gasteiger charge is -2.22. The molecule has 0 aliphatic rings. The van der Waals surface area contributed by atoms with Gasteiger partial charge in [-0.3, -0.25) is 0 Å². The summed E-state index contributed by atoms with van der Waals surface area (Å²) in [6.07, 6.45) is 0. The summed E-state index contributed by atoms with van der Waals surface area (Å²) in [7, 11) is -3.00. The van der Waals surface area contributed by atoms with Gasteiger partial charge in [-0.05, 0) is 45.2 Å². The second kappa shape index (κ2) is 9.09. The third-order valence-electron chi connectivity index (χ3n) is 5.21. The van der Waals surface area contributed by atoms with E-state index in [0.717, 1.165) is 11.1 Å². The topological polar surface area (TPSA) is 0 Å². The summed E-state index contributed by atoms with van der Waals surface area (Å²) in [6, 6.07) is 13.7. The highest BCUT2D eigenvalue weighted by Crippen LogP contribution is 2.34. The lowest BCUT2D eigenvalue weighted by molar-refractivity contribution is 0.589. The van der Waals surface area contributed by atoms with Crippen molar-refractivity contribution in [3.8, 4) is 34.1 Å². The molecular weight excluding hydrogens is 417 g/mol. The molecule has 0 unspecified atom stereocenters. The molecule has 0 aliphatic carbocycles. The van der Waals surface area contributed by atoms with E-state index in [9.17, 15) is 0 Å². The molecular formula is C30H42Si2. The van der Waals surface area contributed by atoms with Crippen molar-refractivity contribution in [3.63, 3.8) is 0 Å². The van der Waals surface area contributed by atoms with Crippen molar-refractivity contribution in [3.05, 3.63) is 58.7 Å². The number of hydrogen-bond donors (Lipinski definition) is 0. The van der Waals surface area contributed by atoms with Crippen molar-refractivity contribution in [1.29, 1.82) is 0 Å². The Balaban J connectivity index is 2.84. The van der Waals surface area contributed by atoms with E-state index in [4.69, 9.17) is 0 Å². The Labute approximate surface area is 200 Å². The molecule has 2 rings (SSSR count). The Kier molecular flexibility index (Phi) is 7.46. The maximum absolute atomic E-state index is 3.60. The minimum Gasteiger partial charge on any atom is -0.127 e. The van der Waals surface area contributed by atoms with Gasteiger partial charge in [-0.1, -0.05) is 117 Å². The first-order chi connectivity index (χ1) is 14.4. The average Bonchev–Trinajstić information content (AvgIpc) is 2.61. The van der Waals surface area contributed by atoms with Crippen LogP contribution in [-0.2, 0) is 10.8 Å². The highest BCUT2D eigenvalue weighted by Gasteiger charge is 2.20. The van der Waals surface area contributed by atoms with Crippen molar-refractivity contribution >= 4 is 16.1 Å². The molecule has 0 aromatic heterocycles. The van der Waals surface area contributed by atoms with Gasteiger partial charge in [-0.15, -0.1) is 11.1 Å². The van der Waals surface area contributed by atoms with Gasteiger partial charge in [0.15, 0.2) is 0 Å². The van der Waals surface area contributed by atoms with Crippen LogP contribution >= 0.6 is 0 Å². The molecule has 0 atom stereocenters. The van der Waals surface area contributed by atoms with Gasteiger partial charge in [-0.2, -0.15) is 0 Å². The Morgan fingerprint density at radius 1 is 0.531 bits per heavy atom. The van der Waals surface area contributed by atoms with Gasteiger partial charge in [-0.25, -0.2) is 0 Å². The van der Waals surface area contributed by atoms with Crippen LogP contribution in [0, 0.1) is 22.9 Å².